The summed E-state index contributed by atoms with van der Waals surface area (Å²) in [5.74, 6) is -1.17. The first-order valence-corrected chi connectivity index (χ1v) is 3.87. The summed E-state index contributed by atoms with van der Waals surface area (Å²) in [6.07, 6.45) is -0.306. The van der Waals surface area contributed by atoms with Crippen LogP contribution in [0.5, 0.6) is 0 Å². The van der Waals surface area contributed by atoms with Crippen LogP contribution in [-0.2, 0) is 9.53 Å². The van der Waals surface area contributed by atoms with Crippen LogP contribution in [0.4, 0.5) is 0 Å². The van der Waals surface area contributed by atoms with E-state index in [1.54, 1.807) is 13.8 Å². The average Bonchev–Trinajstić information content (AvgIpc) is 1.98. The molecule has 0 radical (unpaired) electrons. The predicted molar refractivity (Wildman–Crippen MR) is 47.6 cm³/mol. The zero-order valence-corrected chi connectivity index (χ0v) is 7.70. The van der Waals surface area contributed by atoms with Crippen molar-refractivity contribution < 1.29 is 14.6 Å². The van der Waals surface area contributed by atoms with E-state index in [4.69, 9.17) is 21.0 Å². The van der Waals surface area contributed by atoms with E-state index < -0.39 is 5.97 Å². The van der Waals surface area contributed by atoms with Gasteiger partial charge in [0, 0.05) is 0 Å². The van der Waals surface area contributed by atoms with E-state index in [0.29, 0.717) is 0 Å². The number of hydrogen-bond acceptors (Lipinski definition) is 3. The Kier molecular flexibility index (Phi) is 4.83. The lowest BCUT2D eigenvalue weighted by atomic mass is 10.2. The van der Waals surface area contributed by atoms with Gasteiger partial charge in [-0.25, -0.2) is 4.79 Å². The molecular weight excluding hydrogens is 174 g/mol. The highest BCUT2D eigenvalue weighted by Gasteiger charge is 2.13. The van der Waals surface area contributed by atoms with Gasteiger partial charge in [-0.05, 0) is 13.8 Å². The van der Waals surface area contributed by atoms with Crippen LogP contribution in [0.1, 0.15) is 13.8 Å². The maximum absolute atomic E-state index is 10.1. The molecule has 13 heavy (non-hydrogen) atoms. The molecule has 0 aromatic heterocycles. The summed E-state index contributed by atoms with van der Waals surface area (Å²) in [6.45, 7) is 3.13. The van der Waals surface area contributed by atoms with Gasteiger partial charge in [0.2, 0.25) is 0 Å². The third-order valence-electron chi connectivity index (χ3n) is 1.56. The molecule has 0 rings (SSSR count). The molecule has 0 amide bonds. The molecule has 0 aliphatic carbocycles. The zero-order valence-electron chi connectivity index (χ0n) is 7.70. The number of nitrogens with two attached hydrogens (primary N) is 1. The Balaban J connectivity index is 3.75. The van der Waals surface area contributed by atoms with Gasteiger partial charge in [-0.2, -0.15) is 0 Å². The van der Waals surface area contributed by atoms with E-state index >= 15 is 0 Å². The molecule has 6 heteroatoms. The van der Waals surface area contributed by atoms with Crippen molar-refractivity contribution in [1.29, 1.82) is 5.41 Å². The molecule has 6 nitrogen and oxygen atoms in total. The smallest absolute Gasteiger partial charge is 0.329 e. The first-order chi connectivity index (χ1) is 5.93. The Morgan fingerprint density at radius 3 is 2.62 bits per heavy atom. The predicted octanol–water partition coefficient (Wildman–Crippen LogP) is -0.652. The second-order valence-electron chi connectivity index (χ2n) is 2.76. The van der Waals surface area contributed by atoms with Crippen LogP contribution in [0.2, 0.25) is 0 Å². The van der Waals surface area contributed by atoms with Crippen molar-refractivity contribution in [2.75, 3.05) is 6.61 Å². The summed E-state index contributed by atoms with van der Waals surface area (Å²) in [6, 6.07) is -0.183. The molecule has 0 heterocycles. The molecule has 0 bridgehead atoms. The SMILES string of the molecule is CC(NC(=N)N)C(C)OCC(=O)O. The maximum atomic E-state index is 10.1. The summed E-state index contributed by atoms with van der Waals surface area (Å²) in [5.41, 5.74) is 5.09. The van der Waals surface area contributed by atoms with Crippen molar-refractivity contribution in [2.45, 2.75) is 26.0 Å². The van der Waals surface area contributed by atoms with Gasteiger partial charge in [0.1, 0.15) is 6.61 Å². The fourth-order valence-corrected chi connectivity index (χ4v) is 0.710. The van der Waals surface area contributed by atoms with Crippen molar-refractivity contribution >= 4 is 11.9 Å². The van der Waals surface area contributed by atoms with Gasteiger partial charge in [0.05, 0.1) is 12.1 Å². The van der Waals surface area contributed by atoms with Crippen LogP contribution < -0.4 is 11.1 Å². The minimum absolute atomic E-state index is 0.154. The Morgan fingerprint density at radius 1 is 1.69 bits per heavy atom. The van der Waals surface area contributed by atoms with Gasteiger partial charge in [-0.15, -0.1) is 0 Å². The van der Waals surface area contributed by atoms with E-state index in [1.807, 2.05) is 0 Å². The number of carbonyl (C=O) groups is 1. The van der Waals surface area contributed by atoms with E-state index in [1.165, 1.54) is 0 Å². The monoisotopic (exact) mass is 189 g/mol. The number of hydrogen-bond donors (Lipinski definition) is 4. The summed E-state index contributed by atoms with van der Waals surface area (Å²) < 4.78 is 4.95. The lowest BCUT2D eigenvalue weighted by molar-refractivity contribution is -0.144. The number of guanidine groups is 1. The lowest BCUT2D eigenvalue weighted by Gasteiger charge is -2.20. The van der Waals surface area contributed by atoms with Crippen molar-refractivity contribution in [2.24, 2.45) is 5.73 Å². The molecule has 0 aliphatic rings. The minimum Gasteiger partial charge on any atom is -0.480 e. The summed E-state index contributed by atoms with van der Waals surface area (Å²) in [4.78, 5) is 10.1. The van der Waals surface area contributed by atoms with Gasteiger partial charge in [-0.1, -0.05) is 0 Å². The van der Waals surface area contributed by atoms with Crippen molar-refractivity contribution in [1.82, 2.24) is 5.32 Å². The highest BCUT2D eigenvalue weighted by atomic mass is 16.5. The number of carboxylic acids is 1. The molecule has 5 N–H and O–H groups in total. The van der Waals surface area contributed by atoms with E-state index in [9.17, 15) is 4.79 Å². The number of nitrogens with one attached hydrogen (secondary N) is 2. The largest absolute Gasteiger partial charge is 0.480 e. The fraction of sp³-hybridized carbons (Fsp3) is 0.714. The number of ether oxygens (including phenoxy) is 1. The van der Waals surface area contributed by atoms with Gasteiger partial charge in [0.15, 0.2) is 5.96 Å². The average molecular weight is 189 g/mol. The lowest BCUT2D eigenvalue weighted by Crippen LogP contribution is -2.44. The first-order valence-electron chi connectivity index (χ1n) is 3.87. The standard InChI is InChI=1S/C7H15N3O3/c1-4(10-7(8)9)5(2)13-3-6(11)12/h4-5H,3H2,1-2H3,(H,11,12)(H4,8,9,10). The van der Waals surface area contributed by atoms with Gasteiger partial charge >= 0.3 is 5.97 Å². The molecule has 2 atom stereocenters. The van der Waals surface area contributed by atoms with E-state index in [-0.39, 0.29) is 24.7 Å². The summed E-state index contributed by atoms with van der Waals surface area (Å²) in [5, 5.41) is 17.9. The molecule has 0 saturated heterocycles. The highest BCUT2D eigenvalue weighted by Crippen LogP contribution is 1.97. The topological polar surface area (TPSA) is 108 Å². The van der Waals surface area contributed by atoms with Crippen LogP contribution in [0, 0.1) is 5.41 Å². The van der Waals surface area contributed by atoms with Crippen LogP contribution in [0.15, 0.2) is 0 Å². The van der Waals surface area contributed by atoms with Crippen LogP contribution in [0.3, 0.4) is 0 Å². The van der Waals surface area contributed by atoms with Crippen LogP contribution >= 0.6 is 0 Å². The Bertz CT molecular complexity index is 195. The summed E-state index contributed by atoms with van der Waals surface area (Å²) >= 11 is 0. The summed E-state index contributed by atoms with van der Waals surface area (Å²) in [7, 11) is 0. The Morgan fingerprint density at radius 2 is 2.23 bits per heavy atom. The molecule has 0 aliphatic heterocycles. The molecule has 2 unspecified atom stereocenters. The molecule has 76 valence electrons. The number of rotatable bonds is 5. The van der Waals surface area contributed by atoms with Crippen molar-refractivity contribution in [3.05, 3.63) is 0 Å². The second-order valence-corrected chi connectivity index (χ2v) is 2.76. The molecule has 0 fully saturated rings. The van der Waals surface area contributed by atoms with Gasteiger partial charge < -0.3 is 20.9 Å². The molecule has 0 saturated carbocycles. The normalized spacial score (nSPS) is 14.6. The zero-order chi connectivity index (χ0) is 10.4. The minimum atomic E-state index is -1.01. The fourth-order valence-electron chi connectivity index (χ4n) is 0.710. The first kappa shape index (κ1) is 11.7. The third-order valence-corrected chi connectivity index (χ3v) is 1.56. The molecule has 0 spiro atoms. The highest BCUT2D eigenvalue weighted by molar-refractivity contribution is 5.74. The van der Waals surface area contributed by atoms with Crippen molar-refractivity contribution in [3.63, 3.8) is 0 Å². The maximum Gasteiger partial charge on any atom is 0.329 e. The van der Waals surface area contributed by atoms with Crippen LogP contribution in [0.25, 0.3) is 0 Å². The van der Waals surface area contributed by atoms with Gasteiger partial charge in [0.25, 0.3) is 0 Å². The van der Waals surface area contributed by atoms with E-state index in [0.717, 1.165) is 0 Å². The molecule has 0 aromatic rings. The van der Waals surface area contributed by atoms with E-state index in [2.05, 4.69) is 5.32 Å². The van der Waals surface area contributed by atoms with Gasteiger partial charge in [-0.3, -0.25) is 5.41 Å². The second kappa shape index (κ2) is 5.36. The quantitative estimate of drug-likeness (QED) is 0.339. The molecule has 0 aromatic carbocycles. The number of aliphatic carboxylic acids is 1. The van der Waals surface area contributed by atoms with Crippen molar-refractivity contribution in [3.8, 4) is 0 Å². The number of carboxylic acid groups (broad SMARTS) is 1. The molecular formula is C7H15N3O3. The third kappa shape index (κ3) is 5.92. The Hall–Kier alpha value is -1.30. The van der Waals surface area contributed by atoms with Crippen LogP contribution in [-0.4, -0.2) is 35.8 Å². The Labute approximate surface area is 76.6 Å².